The molecule has 5 rings (SSSR count). The minimum atomic E-state index is -3.66. The summed E-state index contributed by atoms with van der Waals surface area (Å²) in [5.74, 6) is 0. The van der Waals surface area contributed by atoms with Crippen LogP contribution in [0.25, 0.3) is 0 Å². The standard InChI is InChI=1S/C29H38ClN5O2S/c1-21(27-17-32-20-33-27)34-19-26(15-23-7-5-4-6-8-23)35(18-24-16-25(30)9-10-28(24)34)38(36,37)22(2)29(3)11-13-31-14-12-29/h4-10,16-17,20-22,26,31H,11-15,18-19H2,1-3H3,(H,32,33)/t21?,22?,26-/m1/s1. The summed E-state index contributed by atoms with van der Waals surface area (Å²) in [4.78, 5) is 9.80. The van der Waals surface area contributed by atoms with Gasteiger partial charge < -0.3 is 15.2 Å². The number of fused-ring (bicyclic) bond motifs is 1. The van der Waals surface area contributed by atoms with Gasteiger partial charge in [-0.3, -0.25) is 0 Å². The second kappa shape index (κ2) is 11.0. The van der Waals surface area contributed by atoms with Gasteiger partial charge in [-0.15, -0.1) is 0 Å². The number of sulfonamides is 1. The fourth-order valence-electron chi connectivity index (χ4n) is 6.02. The fraction of sp³-hybridized carbons (Fsp3) is 0.483. The van der Waals surface area contributed by atoms with Gasteiger partial charge >= 0.3 is 0 Å². The van der Waals surface area contributed by atoms with Gasteiger partial charge in [-0.25, -0.2) is 13.4 Å². The number of nitrogens with one attached hydrogen (secondary N) is 2. The molecule has 2 aliphatic heterocycles. The summed E-state index contributed by atoms with van der Waals surface area (Å²) in [6, 6.07) is 15.7. The number of halogens is 1. The second-order valence-electron chi connectivity index (χ2n) is 11.1. The van der Waals surface area contributed by atoms with Crippen LogP contribution in [0, 0.1) is 5.41 Å². The Morgan fingerprint density at radius 1 is 1.13 bits per heavy atom. The van der Waals surface area contributed by atoms with Crippen LogP contribution >= 0.6 is 11.6 Å². The lowest BCUT2D eigenvalue weighted by molar-refractivity contribution is 0.212. The van der Waals surface area contributed by atoms with E-state index in [1.54, 1.807) is 10.6 Å². The molecule has 1 saturated heterocycles. The number of imidazole rings is 1. The van der Waals surface area contributed by atoms with Crippen molar-refractivity contribution >= 4 is 27.3 Å². The highest BCUT2D eigenvalue weighted by Crippen LogP contribution is 2.41. The van der Waals surface area contributed by atoms with Gasteiger partial charge in [0, 0.05) is 29.8 Å². The quantitative estimate of drug-likeness (QED) is 0.420. The Morgan fingerprint density at radius 3 is 2.55 bits per heavy atom. The topological polar surface area (TPSA) is 81.3 Å². The van der Waals surface area contributed by atoms with Crippen LogP contribution in [0.1, 0.15) is 56.5 Å². The van der Waals surface area contributed by atoms with Crippen LogP contribution in [-0.4, -0.2) is 53.6 Å². The number of anilines is 1. The zero-order valence-corrected chi connectivity index (χ0v) is 24.0. The van der Waals surface area contributed by atoms with Crippen molar-refractivity contribution in [3.8, 4) is 0 Å². The number of rotatable bonds is 7. The third-order valence-corrected chi connectivity index (χ3v) is 11.5. The van der Waals surface area contributed by atoms with E-state index in [-0.39, 0.29) is 17.5 Å². The van der Waals surface area contributed by atoms with Gasteiger partial charge in [0.1, 0.15) is 0 Å². The Kier molecular flexibility index (Phi) is 7.87. The van der Waals surface area contributed by atoms with Crippen molar-refractivity contribution in [3.05, 3.63) is 82.9 Å². The van der Waals surface area contributed by atoms with Gasteiger partial charge in [-0.2, -0.15) is 4.31 Å². The molecule has 3 atom stereocenters. The number of piperidine rings is 1. The first-order valence-corrected chi connectivity index (χ1v) is 15.4. The van der Waals surface area contributed by atoms with Crippen molar-refractivity contribution in [2.24, 2.45) is 5.41 Å². The van der Waals surface area contributed by atoms with Gasteiger partial charge in [-0.05, 0) is 80.9 Å². The molecule has 0 bridgehead atoms. The molecule has 3 aromatic rings. The molecule has 2 aliphatic rings. The second-order valence-corrected chi connectivity index (χ2v) is 13.7. The predicted octanol–water partition coefficient (Wildman–Crippen LogP) is 5.17. The summed E-state index contributed by atoms with van der Waals surface area (Å²) < 4.78 is 30.9. The summed E-state index contributed by atoms with van der Waals surface area (Å²) >= 11 is 6.48. The maximum Gasteiger partial charge on any atom is 0.217 e. The maximum atomic E-state index is 14.6. The summed E-state index contributed by atoms with van der Waals surface area (Å²) in [6.07, 6.45) is 5.84. The van der Waals surface area contributed by atoms with E-state index >= 15 is 0 Å². The predicted molar refractivity (Wildman–Crippen MR) is 154 cm³/mol. The Bertz CT molecular complexity index is 1330. The Balaban J connectivity index is 1.60. The lowest BCUT2D eigenvalue weighted by atomic mass is 9.78. The average molecular weight is 556 g/mol. The average Bonchev–Trinajstić information content (AvgIpc) is 3.40. The molecule has 3 heterocycles. The van der Waals surface area contributed by atoms with Crippen molar-refractivity contribution < 1.29 is 8.42 Å². The third-order valence-electron chi connectivity index (χ3n) is 8.74. The first-order chi connectivity index (χ1) is 18.2. The van der Waals surface area contributed by atoms with Crippen molar-refractivity contribution in [1.82, 2.24) is 19.6 Å². The van der Waals surface area contributed by atoms with E-state index in [9.17, 15) is 8.42 Å². The first-order valence-electron chi connectivity index (χ1n) is 13.5. The van der Waals surface area contributed by atoms with Gasteiger partial charge in [0.25, 0.3) is 0 Å². The highest BCUT2D eigenvalue weighted by molar-refractivity contribution is 7.89. The Morgan fingerprint density at radius 2 is 1.87 bits per heavy atom. The molecule has 2 N–H and O–H groups in total. The maximum absolute atomic E-state index is 14.6. The molecule has 204 valence electrons. The van der Waals surface area contributed by atoms with Crippen LogP contribution in [0.2, 0.25) is 5.02 Å². The number of benzene rings is 2. The molecular formula is C29H38ClN5O2S. The smallest absolute Gasteiger partial charge is 0.217 e. The van der Waals surface area contributed by atoms with E-state index in [4.69, 9.17) is 11.6 Å². The van der Waals surface area contributed by atoms with Crippen LogP contribution in [0.4, 0.5) is 5.69 Å². The lowest BCUT2D eigenvalue weighted by Crippen LogP contribution is -2.53. The number of hydrogen-bond donors (Lipinski definition) is 2. The Hall–Kier alpha value is -2.39. The minimum Gasteiger partial charge on any atom is -0.361 e. The molecule has 0 aliphatic carbocycles. The molecule has 1 fully saturated rings. The van der Waals surface area contributed by atoms with Crippen LogP contribution < -0.4 is 10.2 Å². The molecule has 0 saturated carbocycles. The number of nitrogens with zero attached hydrogens (tertiary/aromatic N) is 3. The minimum absolute atomic E-state index is 0.0299. The van der Waals surface area contributed by atoms with Crippen LogP contribution in [0.5, 0.6) is 0 Å². The molecule has 1 aromatic heterocycles. The van der Waals surface area contributed by atoms with Gasteiger partial charge in [0.2, 0.25) is 10.0 Å². The van der Waals surface area contributed by atoms with Gasteiger partial charge in [-0.1, -0.05) is 48.9 Å². The molecule has 2 aromatic carbocycles. The third kappa shape index (κ3) is 5.37. The van der Waals surface area contributed by atoms with Crippen LogP contribution in [-0.2, 0) is 23.0 Å². The van der Waals surface area contributed by atoms with Crippen molar-refractivity contribution in [2.45, 2.75) is 63.9 Å². The molecule has 2 unspecified atom stereocenters. The van der Waals surface area contributed by atoms with Crippen molar-refractivity contribution in [1.29, 1.82) is 0 Å². The van der Waals surface area contributed by atoms with Crippen molar-refractivity contribution in [3.63, 3.8) is 0 Å². The van der Waals surface area contributed by atoms with Crippen LogP contribution in [0.3, 0.4) is 0 Å². The molecular weight excluding hydrogens is 518 g/mol. The highest BCUT2D eigenvalue weighted by atomic mass is 35.5. The highest BCUT2D eigenvalue weighted by Gasteiger charge is 2.46. The monoisotopic (exact) mass is 555 g/mol. The molecule has 0 radical (unpaired) electrons. The van der Waals surface area contributed by atoms with E-state index in [0.717, 1.165) is 48.4 Å². The van der Waals surface area contributed by atoms with E-state index < -0.39 is 15.3 Å². The number of hydrogen-bond acceptors (Lipinski definition) is 5. The van der Waals surface area contributed by atoms with E-state index in [0.29, 0.717) is 24.5 Å². The van der Waals surface area contributed by atoms with E-state index in [2.05, 4.69) is 46.2 Å². The molecule has 38 heavy (non-hydrogen) atoms. The molecule has 0 amide bonds. The molecule has 0 spiro atoms. The summed E-state index contributed by atoms with van der Waals surface area (Å²) in [5.41, 5.74) is 3.75. The summed E-state index contributed by atoms with van der Waals surface area (Å²) in [5, 5.41) is 3.49. The van der Waals surface area contributed by atoms with E-state index in [1.165, 1.54) is 0 Å². The summed E-state index contributed by atoms with van der Waals surface area (Å²) in [6.45, 7) is 8.71. The normalized spacial score (nSPS) is 21.9. The zero-order valence-electron chi connectivity index (χ0n) is 22.4. The number of aromatic nitrogens is 2. The van der Waals surface area contributed by atoms with Gasteiger partial charge in [0.15, 0.2) is 0 Å². The zero-order chi connectivity index (χ0) is 26.9. The fourth-order valence-corrected chi connectivity index (χ4v) is 8.45. The summed E-state index contributed by atoms with van der Waals surface area (Å²) in [7, 11) is -3.66. The largest absolute Gasteiger partial charge is 0.361 e. The van der Waals surface area contributed by atoms with Gasteiger partial charge in [0.05, 0.1) is 29.5 Å². The Labute approximate surface area is 231 Å². The number of H-pyrrole nitrogens is 1. The lowest BCUT2D eigenvalue weighted by Gasteiger charge is -2.42. The molecule has 7 nitrogen and oxygen atoms in total. The molecule has 9 heteroatoms. The SMILES string of the molecule is CC(c1cnc[nH]1)N1C[C@@H](Cc2ccccc2)N(S(=O)(=O)C(C)C2(C)CCNCC2)Cc2cc(Cl)ccc21. The van der Waals surface area contributed by atoms with Crippen LogP contribution in [0.15, 0.2) is 61.1 Å². The first kappa shape index (κ1) is 27.2. The van der Waals surface area contributed by atoms with Crippen molar-refractivity contribution in [2.75, 3.05) is 24.5 Å². The number of aromatic amines is 1. The van der Waals surface area contributed by atoms with E-state index in [1.807, 2.05) is 49.5 Å².